The lowest BCUT2D eigenvalue weighted by Crippen LogP contribution is -2.42. The maximum absolute atomic E-state index is 9.33. The average molecular weight is 318 g/mol. The molecule has 2 atom stereocenters. The lowest BCUT2D eigenvalue weighted by atomic mass is 10.2. The van der Waals surface area contributed by atoms with Crippen LogP contribution in [0.2, 0.25) is 0 Å². The molecule has 23 heavy (non-hydrogen) atoms. The Morgan fingerprint density at radius 2 is 2.00 bits per heavy atom. The van der Waals surface area contributed by atoms with Crippen LogP contribution in [0.5, 0.6) is 0 Å². The molecule has 0 saturated carbocycles. The van der Waals surface area contributed by atoms with Crippen molar-refractivity contribution in [2.75, 3.05) is 49.7 Å². The molecule has 2 aliphatic rings. The molecule has 0 radical (unpaired) electrons. The minimum atomic E-state index is 0.128. The van der Waals surface area contributed by atoms with E-state index in [1.54, 1.807) is 0 Å². The summed E-state index contributed by atoms with van der Waals surface area (Å²) in [4.78, 5) is 9.21. The SMILES string of the molecule is CC1N=C(Nc2ccccc2N2CCOCC2)N(CCO)C1C. The van der Waals surface area contributed by atoms with Crippen molar-refractivity contribution in [1.29, 1.82) is 0 Å². The Bertz CT molecular complexity index is 557. The van der Waals surface area contributed by atoms with Crippen LogP contribution in [-0.2, 0) is 4.74 Å². The van der Waals surface area contributed by atoms with Gasteiger partial charge in [-0.25, -0.2) is 4.99 Å². The lowest BCUT2D eigenvalue weighted by molar-refractivity contribution is 0.123. The number of anilines is 2. The van der Waals surface area contributed by atoms with Gasteiger partial charge in [-0.15, -0.1) is 0 Å². The monoisotopic (exact) mass is 318 g/mol. The molecule has 3 rings (SSSR count). The molecule has 1 aromatic rings. The van der Waals surface area contributed by atoms with Gasteiger partial charge in [0.1, 0.15) is 0 Å². The van der Waals surface area contributed by atoms with Gasteiger partial charge in [-0.3, -0.25) is 0 Å². The summed E-state index contributed by atoms with van der Waals surface area (Å²) in [6.07, 6.45) is 0. The summed E-state index contributed by atoms with van der Waals surface area (Å²) in [6.45, 7) is 8.31. The van der Waals surface area contributed by atoms with Crippen LogP contribution in [0.3, 0.4) is 0 Å². The van der Waals surface area contributed by atoms with Gasteiger partial charge in [0.05, 0.1) is 43.3 Å². The van der Waals surface area contributed by atoms with Crippen LogP contribution in [-0.4, -0.2) is 67.5 Å². The van der Waals surface area contributed by atoms with Crippen LogP contribution in [0.1, 0.15) is 13.8 Å². The van der Waals surface area contributed by atoms with Crippen molar-refractivity contribution < 1.29 is 9.84 Å². The molecular formula is C17H26N4O2. The molecule has 2 heterocycles. The number of para-hydroxylation sites is 2. The molecule has 1 aromatic carbocycles. The van der Waals surface area contributed by atoms with Gasteiger partial charge >= 0.3 is 0 Å². The summed E-state index contributed by atoms with van der Waals surface area (Å²) in [6, 6.07) is 8.82. The number of aliphatic hydroxyl groups excluding tert-OH is 1. The van der Waals surface area contributed by atoms with E-state index >= 15 is 0 Å². The van der Waals surface area contributed by atoms with Gasteiger partial charge in [0.2, 0.25) is 0 Å². The number of β-amino-alcohol motifs (C(OH)–C–C–N with tert-alkyl or cyclic N) is 1. The minimum absolute atomic E-state index is 0.128. The molecule has 0 aromatic heterocycles. The molecule has 6 heteroatoms. The summed E-state index contributed by atoms with van der Waals surface area (Å²) < 4.78 is 5.45. The van der Waals surface area contributed by atoms with Crippen LogP contribution in [0.25, 0.3) is 0 Å². The van der Waals surface area contributed by atoms with Crippen LogP contribution < -0.4 is 10.2 Å². The van der Waals surface area contributed by atoms with Crippen molar-refractivity contribution in [3.8, 4) is 0 Å². The number of hydrogen-bond donors (Lipinski definition) is 2. The van der Waals surface area contributed by atoms with Crippen molar-refractivity contribution >= 4 is 17.3 Å². The molecule has 1 fully saturated rings. The number of morpholine rings is 1. The van der Waals surface area contributed by atoms with Crippen molar-refractivity contribution in [2.45, 2.75) is 25.9 Å². The summed E-state index contributed by atoms with van der Waals surface area (Å²) in [5.41, 5.74) is 2.23. The molecule has 6 nitrogen and oxygen atoms in total. The second-order valence-electron chi connectivity index (χ2n) is 6.09. The van der Waals surface area contributed by atoms with Crippen LogP contribution >= 0.6 is 0 Å². The number of aliphatic imine (C=N–C) groups is 1. The molecule has 1 saturated heterocycles. The van der Waals surface area contributed by atoms with Crippen molar-refractivity contribution in [1.82, 2.24) is 4.90 Å². The number of guanidine groups is 1. The average Bonchev–Trinajstić information content (AvgIpc) is 2.84. The van der Waals surface area contributed by atoms with Crippen LogP contribution in [0, 0.1) is 0 Å². The van der Waals surface area contributed by atoms with E-state index in [1.807, 2.05) is 6.07 Å². The smallest absolute Gasteiger partial charge is 0.199 e. The van der Waals surface area contributed by atoms with Crippen molar-refractivity contribution in [3.05, 3.63) is 24.3 Å². The third-order valence-corrected chi connectivity index (χ3v) is 4.63. The maximum atomic E-state index is 9.33. The zero-order valence-electron chi connectivity index (χ0n) is 13.9. The number of nitrogens with one attached hydrogen (secondary N) is 1. The molecule has 2 unspecified atom stereocenters. The summed E-state index contributed by atoms with van der Waals surface area (Å²) in [7, 11) is 0. The van der Waals surface area contributed by atoms with Gasteiger partial charge in [0.15, 0.2) is 5.96 Å². The zero-order valence-corrected chi connectivity index (χ0v) is 13.9. The third kappa shape index (κ3) is 3.43. The Balaban J connectivity index is 1.81. The maximum Gasteiger partial charge on any atom is 0.199 e. The van der Waals surface area contributed by atoms with Gasteiger partial charge in [-0.2, -0.15) is 0 Å². The topological polar surface area (TPSA) is 60.3 Å². The highest BCUT2D eigenvalue weighted by molar-refractivity contribution is 5.98. The number of nitrogens with zero attached hydrogens (tertiary/aromatic N) is 3. The molecule has 0 spiro atoms. The number of rotatable bonds is 4. The summed E-state index contributed by atoms with van der Waals surface area (Å²) in [5, 5.41) is 12.8. The number of aliphatic hydroxyl groups is 1. The van der Waals surface area contributed by atoms with E-state index in [2.05, 4.69) is 47.2 Å². The first-order valence-electron chi connectivity index (χ1n) is 8.34. The fraction of sp³-hybridized carbons (Fsp3) is 0.588. The quantitative estimate of drug-likeness (QED) is 0.878. The molecule has 0 amide bonds. The second-order valence-corrected chi connectivity index (χ2v) is 6.09. The Hall–Kier alpha value is -1.79. The Morgan fingerprint density at radius 3 is 2.74 bits per heavy atom. The van der Waals surface area contributed by atoms with E-state index in [9.17, 15) is 5.11 Å². The molecule has 0 aliphatic carbocycles. The van der Waals surface area contributed by atoms with E-state index in [4.69, 9.17) is 9.73 Å². The fourth-order valence-corrected chi connectivity index (χ4v) is 3.13. The zero-order chi connectivity index (χ0) is 16.2. The van der Waals surface area contributed by atoms with Crippen molar-refractivity contribution in [3.63, 3.8) is 0 Å². The minimum Gasteiger partial charge on any atom is -0.395 e. The number of benzene rings is 1. The Kier molecular flexibility index (Phi) is 5.03. The highest BCUT2D eigenvalue weighted by Gasteiger charge is 2.30. The Labute approximate surface area is 137 Å². The van der Waals surface area contributed by atoms with E-state index in [-0.39, 0.29) is 12.6 Å². The molecule has 0 bridgehead atoms. The van der Waals surface area contributed by atoms with Gasteiger partial charge in [-0.1, -0.05) is 12.1 Å². The largest absolute Gasteiger partial charge is 0.395 e. The van der Waals surface area contributed by atoms with E-state index in [0.717, 1.165) is 38.0 Å². The fourth-order valence-electron chi connectivity index (χ4n) is 3.13. The highest BCUT2D eigenvalue weighted by Crippen LogP contribution is 2.28. The lowest BCUT2D eigenvalue weighted by Gasteiger charge is -2.32. The van der Waals surface area contributed by atoms with E-state index < -0.39 is 0 Å². The van der Waals surface area contributed by atoms with Crippen molar-refractivity contribution in [2.24, 2.45) is 4.99 Å². The van der Waals surface area contributed by atoms with Crippen LogP contribution in [0.15, 0.2) is 29.3 Å². The standard InChI is InChI=1S/C17H26N4O2/c1-13-14(2)21(7-10-22)17(18-13)19-15-5-3-4-6-16(15)20-8-11-23-12-9-20/h3-6,13-14,22H,7-12H2,1-2H3,(H,18,19). The molecular weight excluding hydrogens is 292 g/mol. The van der Waals surface area contributed by atoms with Gasteiger partial charge in [-0.05, 0) is 26.0 Å². The Morgan fingerprint density at radius 1 is 1.26 bits per heavy atom. The second kappa shape index (κ2) is 7.19. The summed E-state index contributed by atoms with van der Waals surface area (Å²) >= 11 is 0. The number of ether oxygens (including phenoxy) is 1. The van der Waals surface area contributed by atoms with E-state index in [1.165, 1.54) is 5.69 Å². The molecule has 2 N–H and O–H groups in total. The van der Waals surface area contributed by atoms with Gasteiger partial charge in [0.25, 0.3) is 0 Å². The highest BCUT2D eigenvalue weighted by atomic mass is 16.5. The third-order valence-electron chi connectivity index (χ3n) is 4.63. The predicted octanol–water partition coefficient (Wildman–Crippen LogP) is 1.38. The van der Waals surface area contributed by atoms with Gasteiger partial charge in [0, 0.05) is 19.6 Å². The molecule has 126 valence electrons. The summed E-state index contributed by atoms with van der Waals surface area (Å²) in [5.74, 6) is 0.847. The van der Waals surface area contributed by atoms with Gasteiger partial charge < -0.3 is 25.0 Å². The first-order valence-corrected chi connectivity index (χ1v) is 8.34. The first kappa shape index (κ1) is 16.1. The number of hydrogen-bond acceptors (Lipinski definition) is 6. The molecule has 2 aliphatic heterocycles. The normalized spacial score (nSPS) is 24.7. The predicted molar refractivity (Wildman–Crippen MR) is 93.2 cm³/mol. The van der Waals surface area contributed by atoms with Crippen LogP contribution in [0.4, 0.5) is 11.4 Å². The first-order chi connectivity index (χ1) is 11.2. The van der Waals surface area contributed by atoms with E-state index in [0.29, 0.717) is 12.6 Å².